The highest BCUT2D eigenvalue weighted by atomic mass is 79.9. The van der Waals surface area contributed by atoms with Gasteiger partial charge in [0, 0.05) is 29.4 Å². The maximum absolute atomic E-state index is 10.9. The predicted molar refractivity (Wildman–Crippen MR) is 74.5 cm³/mol. The summed E-state index contributed by atoms with van der Waals surface area (Å²) in [6.07, 6.45) is 0. The van der Waals surface area contributed by atoms with E-state index in [1.54, 1.807) is 0 Å². The highest BCUT2D eigenvalue weighted by Crippen LogP contribution is 2.24. The van der Waals surface area contributed by atoms with E-state index in [2.05, 4.69) is 26.2 Å². The number of hydrogen-bond acceptors (Lipinski definition) is 4. The maximum atomic E-state index is 10.9. The minimum absolute atomic E-state index is 0.255. The van der Waals surface area contributed by atoms with Gasteiger partial charge in [0.15, 0.2) is 0 Å². The molecule has 0 amide bonds. The zero-order chi connectivity index (χ0) is 13.1. The molecule has 0 aliphatic rings. The number of aromatic nitrogens is 1. The summed E-state index contributed by atoms with van der Waals surface area (Å²) >= 11 is 3.42. The molecule has 0 aliphatic heterocycles. The molecule has 0 bridgehead atoms. The summed E-state index contributed by atoms with van der Waals surface area (Å²) in [5, 5.41) is 3.98. The third-order valence-electron chi connectivity index (χ3n) is 2.54. The second-order valence-corrected chi connectivity index (χ2v) is 4.77. The molecule has 0 saturated heterocycles. The topological polar surface area (TPSA) is 51.2 Å². The smallest absolute Gasteiger partial charge is 0.302 e. The Morgan fingerprint density at radius 3 is 2.89 bits per heavy atom. The van der Waals surface area contributed by atoms with Crippen LogP contribution in [0.3, 0.4) is 0 Å². The molecule has 5 heteroatoms. The van der Waals surface area contributed by atoms with E-state index in [0.717, 1.165) is 26.8 Å². The lowest BCUT2D eigenvalue weighted by molar-refractivity contribution is -0.142. The Balaban J connectivity index is 2.51. The number of carbonyl (C=O) groups excluding carboxylic acids is 1. The zero-order valence-corrected chi connectivity index (χ0v) is 11.7. The van der Waals surface area contributed by atoms with Gasteiger partial charge in [0.25, 0.3) is 0 Å². The average Bonchev–Trinajstić information content (AvgIpc) is 2.34. The van der Waals surface area contributed by atoms with Gasteiger partial charge < -0.3 is 10.1 Å². The first-order chi connectivity index (χ1) is 8.60. The SMILES string of the molecule is CNc1cc(COC(C)=O)c2ccc(Br)cc2n1. The van der Waals surface area contributed by atoms with Gasteiger partial charge in [-0.2, -0.15) is 0 Å². The molecule has 1 N–H and O–H groups in total. The van der Waals surface area contributed by atoms with Crippen molar-refractivity contribution < 1.29 is 9.53 Å². The fourth-order valence-corrected chi connectivity index (χ4v) is 2.05. The molecule has 0 aliphatic carbocycles. The Bertz CT molecular complexity index is 599. The molecule has 0 spiro atoms. The second-order valence-electron chi connectivity index (χ2n) is 3.86. The van der Waals surface area contributed by atoms with Gasteiger partial charge in [0.2, 0.25) is 0 Å². The molecule has 4 nitrogen and oxygen atoms in total. The second kappa shape index (κ2) is 5.35. The number of esters is 1. The van der Waals surface area contributed by atoms with Gasteiger partial charge in [-0.3, -0.25) is 4.79 Å². The molecule has 0 saturated carbocycles. The summed E-state index contributed by atoms with van der Waals surface area (Å²) in [5.74, 6) is 0.464. The van der Waals surface area contributed by atoms with E-state index >= 15 is 0 Å². The highest BCUT2D eigenvalue weighted by molar-refractivity contribution is 9.10. The molecule has 1 heterocycles. The van der Waals surface area contributed by atoms with Crippen molar-refractivity contribution in [3.8, 4) is 0 Å². The number of fused-ring (bicyclic) bond motifs is 1. The largest absolute Gasteiger partial charge is 0.461 e. The number of carbonyl (C=O) groups is 1. The lowest BCUT2D eigenvalue weighted by atomic mass is 10.1. The van der Waals surface area contributed by atoms with Crippen molar-refractivity contribution in [3.05, 3.63) is 34.3 Å². The first kappa shape index (κ1) is 12.8. The standard InChI is InChI=1S/C13H13BrN2O2/c1-8(17)18-7-9-5-13(15-2)16-12-6-10(14)3-4-11(9)12/h3-6H,7H2,1-2H3,(H,15,16). The summed E-state index contributed by atoms with van der Waals surface area (Å²) in [5.41, 5.74) is 1.80. The van der Waals surface area contributed by atoms with Crippen LogP contribution in [0.1, 0.15) is 12.5 Å². The predicted octanol–water partition coefficient (Wildman–Crippen LogP) is 3.10. The number of nitrogens with one attached hydrogen (secondary N) is 1. The summed E-state index contributed by atoms with van der Waals surface area (Å²) in [4.78, 5) is 15.4. The third kappa shape index (κ3) is 2.79. The molecule has 0 radical (unpaired) electrons. The Morgan fingerprint density at radius 1 is 1.44 bits per heavy atom. The van der Waals surface area contributed by atoms with E-state index in [4.69, 9.17) is 4.74 Å². The molecule has 0 unspecified atom stereocenters. The van der Waals surface area contributed by atoms with Crippen LogP contribution in [-0.2, 0) is 16.1 Å². The fourth-order valence-electron chi connectivity index (χ4n) is 1.70. The number of ether oxygens (including phenoxy) is 1. The van der Waals surface area contributed by atoms with Crippen molar-refractivity contribution >= 4 is 38.6 Å². The van der Waals surface area contributed by atoms with E-state index in [1.807, 2.05) is 31.3 Å². The molecular formula is C13H13BrN2O2. The summed E-state index contributed by atoms with van der Waals surface area (Å²) < 4.78 is 6.03. The molecule has 94 valence electrons. The van der Waals surface area contributed by atoms with Crippen LogP contribution in [0.25, 0.3) is 10.9 Å². The van der Waals surface area contributed by atoms with Crippen LogP contribution in [0.2, 0.25) is 0 Å². The van der Waals surface area contributed by atoms with Crippen LogP contribution in [0.15, 0.2) is 28.7 Å². The van der Waals surface area contributed by atoms with Crippen molar-refractivity contribution in [2.75, 3.05) is 12.4 Å². The van der Waals surface area contributed by atoms with Crippen molar-refractivity contribution in [2.45, 2.75) is 13.5 Å². The van der Waals surface area contributed by atoms with Gasteiger partial charge in [-0.1, -0.05) is 22.0 Å². The fraction of sp³-hybridized carbons (Fsp3) is 0.231. The lowest BCUT2D eigenvalue weighted by Gasteiger charge is -2.09. The van der Waals surface area contributed by atoms with Crippen molar-refractivity contribution in [3.63, 3.8) is 0 Å². The minimum Gasteiger partial charge on any atom is -0.461 e. The Hall–Kier alpha value is -1.62. The van der Waals surface area contributed by atoms with E-state index in [1.165, 1.54) is 6.92 Å². The summed E-state index contributed by atoms with van der Waals surface area (Å²) in [6.45, 7) is 1.66. The van der Waals surface area contributed by atoms with Gasteiger partial charge in [-0.25, -0.2) is 4.98 Å². The number of halogens is 1. The first-order valence-electron chi connectivity index (χ1n) is 5.50. The van der Waals surface area contributed by atoms with Crippen LogP contribution in [0, 0.1) is 0 Å². The molecule has 2 rings (SSSR count). The van der Waals surface area contributed by atoms with Crippen LogP contribution < -0.4 is 5.32 Å². The Kier molecular flexibility index (Phi) is 3.81. The van der Waals surface area contributed by atoms with E-state index in [-0.39, 0.29) is 12.6 Å². The van der Waals surface area contributed by atoms with Crippen molar-refractivity contribution in [1.29, 1.82) is 0 Å². The highest BCUT2D eigenvalue weighted by Gasteiger charge is 2.07. The Morgan fingerprint density at radius 2 is 2.22 bits per heavy atom. The van der Waals surface area contributed by atoms with Crippen LogP contribution in [0.4, 0.5) is 5.82 Å². The van der Waals surface area contributed by atoms with Gasteiger partial charge in [-0.05, 0) is 18.2 Å². The molecule has 1 aromatic heterocycles. The normalized spacial score (nSPS) is 10.4. The summed E-state index contributed by atoms with van der Waals surface area (Å²) in [6, 6.07) is 7.73. The van der Waals surface area contributed by atoms with Crippen molar-refractivity contribution in [2.24, 2.45) is 0 Å². The van der Waals surface area contributed by atoms with E-state index < -0.39 is 0 Å². The first-order valence-corrected chi connectivity index (χ1v) is 6.30. The molecule has 0 fully saturated rings. The number of pyridine rings is 1. The Labute approximate surface area is 113 Å². The number of benzene rings is 1. The quantitative estimate of drug-likeness (QED) is 0.885. The number of hydrogen-bond donors (Lipinski definition) is 1. The van der Waals surface area contributed by atoms with Crippen LogP contribution in [-0.4, -0.2) is 18.0 Å². The molecule has 2 aromatic rings. The maximum Gasteiger partial charge on any atom is 0.302 e. The molecule has 18 heavy (non-hydrogen) atoms. The minimum atomic E-state index is -0.289. The number of rotatable bonds is 3. The van der Waals surface area contributed by atoms with E-state index in [9.17, 15) is 4.79 Å². The van der Waals surface area contributed by atoms with Gasteiger partial charge in [0.05, 0.1) is 5.52 Å². The monoisotopic (exact) mass is 308 g/mol. The van der Waals surface area contributed by atoms with Crippen LogP contribution >= 0.6 is 15.9 Å². The molecule has 1 aromatic carbocycles. The van der Waals surface area contributed by atoms with Crippen LogP contribution in [0.5, 0.6) is 0 Å². The van der Waals surface area contributed by atoms with Gasteiger partial charge >= 0.3 is 5.97 Å². The van der Waals surface area contributed by atoms with E-state index in [0.29, 0.717) is 0 Å². The number of nitrogens with zero attached hydrogens (tertiary/aromatic N) is 1. The van der Waals surface area contributed by atoms with Crippen molar-refractivity contribution in [1.82, 2.24) is 4.98 Å². The molecule has 0 atom stereocenters. The third-order valence-corrected chi connectivity index (χ3v) is 3.04. The van der Waals surface area contributed by atoms with Gasteiger partial charge in [-0.15, -0.1) is 0 Å². The number of anilines is 1. The molecular weight excluding hydrogens is 296 g/mol. The van der Waals surface area contributed by atoms with Gasteiger partial charge in [0.1, 0.15) is 12.4 Å². The summed E-state index contributed by atoms with van der Waals surface area (Å²) in [7, 11) is 1.81. The lowest BCUT2D eigenvalue weighted by Crippen LogP contribution is -2.02. The average molecular weight is 309 g/mol. The zero-order valence-electron chi connectivity index (χ0n) is 10.2.